The van der Waals surface area contributed by atoms with Crippen LogP contribution in [0.2, 0.25) is 33.0 Å². The van der Waals surface area contributed by atoms with Gasteiger partial charge in [-0.2, -0.15) is 0 Å². The molecule has 8 atom stereocenters. The summed E-state index contributed by atoms with van der Waals surface area (Å²) >= 11 is -0.209. The minimum absolute atomic E-state index is 0.00196. The third kappa shape index (κ3) is 10.3. The van der Waals surface area contributed by atoms with Crippen molar-refractivity contribution in [1.82, 2.24) is 0 Å². The zero-order valence-corrected chi connectivity index (χ0v) is 46.3. The van der Waals surface area contributed by atoms with Gasteiger partial charge in [0.1, 0.15) is 0 Å². The van der Waals surface area contributed by atoms with Gasteiger partial charge in [0, 0.05) is 0 Å². The maximum atomic E-state index is 8.53. The fourth-order valence-corrected chi connectivity index (χ4v) is 23.1. The molecule has 2 aliphatic heterocycles. The number of rotatable bonds is 14. The fourth-order valence-electron chi connectivity index (χ4n) is 9.62. The van der Waals surface area contributed by atoms with Gasteiger partial charge in [0.15, 0.2) is 0 Å². The quantitative estimate of drug-likeness (QED) is 0.103. The molecular formula is C56H74O6SeSi3. The first-order valence-electron chi connectivity index (χ1n) is 23.8. The number of ether oxygens (including phenoxy) is 3. The van der Waals surface area contributed by atoms with Crippen LogP contribution >= 0.6 is 0 Å². The van der Waals surface area contributed by atoms with Gasteiger partial charge in [-0.15, -0.1) is 0 Å². The van der Waals surface area contributed by atoms with Crippen molar-refractivity contribution in [3.05, 3.63) is 164 Å². The summed E-state index contributed by atoms with van der Waals surface area (Å²) in [6.07, 6.45) is 0.734. The summed E-state index contributed by atoms with van der Waals surface area (Å²) in [5, 5.41) is 4.28. The Bertz CT molecular complexity index is 2230. The molecule has 2 aliphatic rings. The predicted octanol–water partition coefficient (Wildman–Crippen LogP) is 10.1. The zero-order valence-electron chi connectivity index (χ0n) is 41.6. The van der Waals surface area contributed by atoms with Crippen molar-refractivity contribution >= 4 is 65.1 Å². The van der Waals surface area contributed by atoms with Crippen molar-refractivity contribution < 1.29 is 27.5 Å². The molecular weight excluding hydrogens is 932 g/mol. The van der Waals surface area contributed by atoms with E-state index in [1.807, 2.05) is 6.08 Å². The Morgan fingerprint density at radius 3 is 1.26 bits per heavy atom. The van der Waals surface area contributed by atoms with Crippen molar-refractivity contribution in [3.8, 4) is 0 Å². The summed E-state index contributed by atoms with van der Waals surface area (Å²) in [6.45, 7) is 29.9. The molecule has 6 nitrogen and oxygen atoms in total. The Labute approximate surface area is 406 Å². The molecule has 0 spiro atoms. The second kappa shape index (κ2) is 20.3. The number of hydrogen-bond donors (Lipinski definition) is 0. The van der Waals surface area contributed by atoms with Gasteiger partial charge in [-0.05, 0) is 0 Å². The molecule has 2 heterocycles. The summed E-state index contributed by atoms with van der Waals surface area (Å²) in [5.74, 6) is 0. The van der Waals surface area contributed by atoms with E-state index in [0.29, 0.717) is 0 Å². The summed E-state index contributed by atoms with van der Waals surface area (Å²) in [7, 11) is -8.65. The van der Waals surface area contributed by atoms with Crippen molar-refractivity contribution in [1.29, 1.82) is 0 Å². The molecule has 7 rings (SSSR count). The monoisotopic (exact) mass is 1010 g/mol. The molecule has 0 unspecified atom stereocenters. The molecule has 0 bridgehead atoms. The first kappa shape index (κ1) is 50.5. The molecule has 5 aromatic carbocycles. The van der Waals surface area contributed by atoms with Crippen LogP contribution in [0, 0.1) is 0 Å². The second-order valence-corrected chi connectivity index (χ2v) is 37.6. The van der Waals surface area contributed by atoms with E-state index in [-0.39, 0.29) is 47.1 Å². The Hall–Kier alpha value is -3.39. The minimum atomic E-state index is -3.23. The van der Waals surface area contributed by atoms with Gasteiger partial charge in [-0.1, -0.05) is 0 Å². The average Bonchev–Trinajstić information content (AvgIpc) is 3.27. The van der Waals surface area contributed by atoms with Crippen LogP contribution in [0.5, 0.6) is 0 Å². The average molecular weight is 1010 g/mol. The van der Waals surface area contributed by atoms with Crippen LogP contribution in [0.3, 0.4) is 0 Å². The molecule has 0 aliphatic carbocycles. The van der Waals surface area contributed by atoms with Crippen molar-refractivity contribution in [2.45, 2.75) is 152 Å². The summed E-state index contributed by atoms with van der Waals surface area (Å²) in [5.41, 5.74) is 0. The Morgan fingerprint density at radius 2 is 0.864 bits per heavy atom. The van der Waals surface area contributed by atoms with E-state index < -0.39 is 55.7 Å². The number of hydrogen-bond acceptors (Lipinski definition) is 6. The molecule has 0 N–H and O–H groups in total. The van der Waals surface area contributed by atoms with E-state index in [0.717, 1.165) is 0 Å². The van der Waals surface area contributed by atoms with Crippen LogP contribution in [0.15, 0.2) is 164 Å². The molecule has 10 heteroatoms. The van der Waals surface area contributed by atoms with Gasteiger partial charge in [-0.3, -0.25) is 0 Å². The Kier molecular flexibility index (Phi) is 15.5. The molecule has 5 aromatic rings. The van der Waals surface area contributed by atoms with Crippen LogP contribution in [-0.2, 0) is 27.5 Å². The van der Waals surface area contributed by atoms with E-state index in [9.17, 15) is 0 Å². The Morgan fingerprint density at radius 1 is 0.470 bits per heavy atom. The first-order valence-corrected chi connectivity index (χ1v) is 32.4. The summed E-state index contributed by atoms with van der Waals surface area (Å²) < 4.78 is 46.6. The van der Waals surface area contributed by atoms with Crippen molar-refractivity contribution in [2.75, 3.05) is 0 Å². The predicted molar refractivity (Wildman–Crippen MR) is 282 cm³/mol. The van der Waals surface area contributed by atoms with E-state index in [1.165, 1.54) is 25.2 Å². The first-order chi connectivity index (χ1) is 31.2. The van der Waals surface area contributed by atoms with E-state index in [4.69, 9.17) is 27.5 Å². The van der Waals surface area contributed by atoms with Crippen LogP contribution in [0.1, 0.15) is 76.2 Å². The molecule has 352 valence electrons. The van der Waals surface area contributed by atoms with E-state index in [1.54, 1.807) is 6.26 Å². The van der Waals surface area contributed by atoms with Gasteiger partial charge in [0.05, 0.1) is 0 Å². The molecule has 1 saturated heterocycles. The third-order valence-corrected chi connectivity index (χ3v) is 31.4. The van der Waals surface area contributed by atoms with Crippen LogP contribution in [0.4, 0.5) is 0 Å². The van der Waals surface area contributed by atoms with E-state index >= 15 is 0 Å². The van der Waals surface area contributed by atoms with Gasteiger partial charge in [0.2, 0.25) is 0 Å². The standard InChI is InChI=1S/C56H74O6SeSi3/c1-41-49(48(39-40-57-41)60-64(12,13)54(3,4)5)59-53-52(63-43-29-19-14-20-30-43)51(62-66(56(9,10)11,46-35-25-17-26-36-46)47-37-27-18-28-38-47)50(42(2)58-53)61-65(55(6,7)8,44-31-21-15-22-32-44)45-33-23-16-24-34-45/h14-42,48-53H,1-13H3/t41-,42-,48-,49-,50-,51+,52-,53+/m0/s1. The van der Waals surface area contributed by atoms with Crippen LogP contribution in [-0.4, -0.2) is 82.8 Å². The number of benzene rings is 5. The van der Waals surface area contributed by atoms with E-state index in [2.05, 4.69) is 241 Å². The zero-order chi connectivity index (χ0) is 47.5. The molecule has 0 saturated carbocycles. The topological polar surface area (TPSA) is 55.4 Å². The summed E-state index contributed by atoms with van der Waals surface area (Å²) in [6, 6.07) is 54.8. The van der Waals surface area contributed by atoms with Crippen molar-refractivity contribution in [3.63, 3.8) is 0 Å². The fraction of sp³-hybridized carbons (Fsp3) is 0.429. The summed E-state index contributed by atoms with van der Waals surface area (Å²) in [4.78, 5) is -0.257. The molecule has 1 fully saturated rings. The third-order valence-electron chi connectivity index (χ3n) is 14.1. The molecule has 0 aromatic heterocycles. The maximum absolute atomic E-state index is 8.53. The van der Waals surface area contributed by atoms with Crippen molar-refractivity contribution in [2.24, 2.45) is 0 Å². The second-order valence-electron chi connectivity index (χ2n) is 21.7. The van der Waals surface area contributed by atoms with Gasteiger partial charge in [-0.25, -0.2) is 0 Å². The SMILES string of the molecule is C[C@@H]1O[C@H](O[C@H]2[C@H](C)OC=C[C@@H]2O[Si](C)(C)C(C)(C)C)[C@@H]([Se]c2ccccc2)[C@H](O[Si](c2ccccc2)(c2ccccc2)C(C)(C)C)[C@H]1O[Si](c1ccccc1)(c1ccccc1)C(C)(C)C. The molecule has 66 heavy (non-hydrogen) atoms. The van der Waals surface area contributed by atoms with Gasteiger partial charge >= 0.3 is 409 Å². The van der Waals surface area contributed by atoms with Crippen LogP contribution in [0.25, 0.3) is 0 Å². The van der Waals surface area contributed by atoms with Gasteiger partial charge < -0.3 is 0 Å². The normalized spacial score (nSPS) is 24.4. The Balaban J connectivity index is 1.48. The van der Waals surface area contributed by atoms with Crippen LogP contribution < -0.4 is 25.2 Å². The van der Waals surface area contributed by atoms with Gasteiger partial charge in [0.25, 0.3) is 0 Å². The molecule has 0 radical (unpaired) electrons. The molecule has 0 amide bonds.